The number of likely N-dealkylation sites (N-methyl/N-ethyl adjacent to an activating group) is 1. The second kappa shape index (κ2) is 13.7. The molecule has 3 aliphatic heterocycles. The van der Waals surface area contributed by atoms with Crippen molar-refractivity contribution in [2.24, 2.45) is 0 Å². The number of likely N-dealkylation sites (tertiary alicyclic amines) is 1. The molecule has 0 aliphatic carbocycles. The quantitative estimate of drug-likeness (QED) is 0.298. The summed E-state index contributed by atoms with van der Waals surface area (Å²) in [6.07, 6.45) is 8.17. The molecule has 9 nitrogen and oxygen atoms in total. The lowest BCUT2D eigenvalue weighted by atomic mass is 10.00. The maximum absolute atomic E-state index is 12.5. The van der Waals surface area contributed by atoms with E-state index in [0.717, 1.165) is 50.5 Å². The van der Waals surface area contributed by atoms with Crippen molar-refractivity contribution in [3.63, 3.8) is 0 Å². The molecule has 10 heteroatoms. The van der Waals surface area contributed by atoms with Crippen molar-refractivity contribution in [2.45, 2.75) is 74.1 Å². The van der Waals surface area contributed by atoms with Gasteiger partial charge >= 0.3 is 6.01 Å². The summed E-state index contributed by atoms with van der Waals surface area (Å²) >= 11 is 1.92. The van der Waals surface area contributed by atoms with Crippen LogP contribution in [0.4, 0.5) is 5.82 Å². The number of hydrogen-bond donors (Lipinski definition) is 0. The number of aldehydes is 1. The Kier molecular flexibility index (Phi) is 9.80. The monoisotopic (exact) mass is 588 g/mol. The van der Waals surface area contributed by atoms with Crippen molar-refractivity contribution >= 4 is 29.8 Å². The SMILES string of the molecule is C=CC(=O)N1CCN(c2nc(OCC3CCCN3C)nc(C=O)c2CC[C@H]2CCc3cc(C)ccc3S2)CC1CC#N. The van der Waals surface area contributed by atoms with Crippen LogP contribution in [0.2, 0.25) is 0 Å². The smallest absolute Gasteiger partial charge is 0.319 e. The van der Waals surface area contributed by atoms with Crippen LogP contribution in [-0.4, -0.2) is 89.1 Å². The number of carbonyl (C=O) groups excluding carboxylic acids is 2. The summed E-state index contributed by atoms with van der Waals surface area (Å²) in [6.45, 7) is 8.67. The third-order valence-corrected chi connectivity index (χ3v) is 10.2. The van der Waals surface area contributed by atoms with Crippen molar-refractivity contribution < 1.29 is 14.3 Å². The third kappa shape index (κ3) is 6.79. The van der Waals surface area contributed by atoms with E-state index in [-0.39, 0.29) is 24.4 Å². The van der Waals surface area contributed by atoms with Gasteiger partial charge in [-0.05, 0) is 76.7 Å². The average molecular weight is 589 g/mol. The normalized spacial score (nSPS) is 22.4. The molecule has 1 aromatic heterocycles. The fraction of sp³-hybridized carbons (Fsp3) is 0.531. The van der Waals surface area contributed by atoms with Crippen molar-refractivity contribution in [3.05, 3.63) is 53.2 Å². The number of ether oxygens (including phenoxy) is 1. The number of hydrogen-bond acceptors (Lipinski definition) is 9. The molecule has 2 unspecified atom stereocenters. The number of nitriles is 1. The van der Waals surface area contributed by atoms with E-state index in [0.29, 0.717) is 55.5 Å². The van der Waals surface area contributed by atoms with Crippen LogP contribution in [-0.2, 0) is 17.6 Å². The van der Waals surface area contributed by atoms with E-state index in [4.69, 9.17) is 9.72 Å². The lowest BCUT2D eigenvalue weighted by Crippen LogP contribution is -2.55. The topological polar surface area (TPSA) is 103 Å². The van der Waals surface area contributed by atoms with Crippen LogP contribution in [0.3, 0.4) is 0 Å². The number of aryl methyl sites for hydroxylation is 2. The number of rotatable bonds is 10. The summed E-state index contributed by atoms with van der Waals surface area (Å²) in [6, 6.07) is 9.09. The molecule has 0 radical (unpaired) electrons. The Balaban J connectivity index is 1.40. The number of benzene rings is 1. The van der Waals surface area contributed by atoms with E-state index in [1.807, 2.05) is 11.8 Å². The molecule has 222 valence electrons. The summed E-state index contributed by atoms with van der Waals surface area (Å²) in [5.41, 5.74) is 3.87. The van der Waals surface area contributed by atoms with Gasteiger partial charge in [0.2, 0.25) is 5.91 Å². The second-order valence-electron chi connectivity index (χ2n) is 11.5. The van der Waals surface area contributed by atoms with Crippen molar-refractivity contribution in [2.75, 3.05) is 44.7 Å². The Bertz CT molecular complexity index is 1360. The zero-order valence-corrected chi connectivity index (χ0v) is 25.4. The molecule has 2 fully saturated rings. The maximum Gasteiger partial charge on any atom is 0.319 e. The van der Waals surface area contributed by atoms with Gasteiger partial charge in [0.05, 0.1) is 18.5 Å². The minimum atomic E-state index is -0.304. The predicted molar refractivity (Wildman–Crippen MR) is 164 cm³/mol. The van der Waals surface area contributed by atoms with E-state index in [2.05, 4.69) is 59.6 Å². The Morgan fingerprint density at radius 1 is 1.24 bits per heavy atom. The predicted octanol–water partition coefficient (Wildman–Crippen LogP) is 4.23. The van der Waals surface area contributed by atoms with Gasteiger partial charge in [0.25, 0.3) is 0 Å². The third-order valence-electron chi connectivity index (χ3n) is 8.71. The first-order valence-electron chi connectivity index (χ1n) is 14.9. The Morgan fingerprint density at radius 2 is 2.10 bits per heavy atom. The van der Waals surface area contributed by atoms with E-state index in [1.165, 1.54) is 22.1 Å². The first-order valence-corrected chi connectivity index (χ1v) is 15.8. The van der Waals surface area contributed by atoms with Gasteiger partial charge in [0.1, 0.15) is 18.1 Å². The molecule has 5 rings (SSSR count). The summed E-state index contributed by atoms with van der Waals surface area (Å²) in [7, 11) is 2.09. The molecule has 0 saturated carbocycles. The van der Waals surface area contributed by atoms with Gasteiger partial charge in [-0.15, -0.1) is 11.8 Å². The van der Waals surface area contributed by atoms with Crippen LogP contribution in [0.25, 0.3) is 0 Å². The van der Waals surface area contributed by atoms with Gasteiger partial charge in [-0.3, -0.25) is 9.59 Å². The van der Waals surface area contributed by atoms with Crippen molar-refractivity contribution in [1.82, 2.24) is 19.8 Å². The summed E-state index contributed by atoms with van der Waals surface area (Å²) in [4.78, 5) is 41.8. The van der Waals surface area contributed by atoms with Crippen LogP contribution >= 0.6 is 11.8 Å². The Hall–Kier alpha value is -3.42. The molecule has 2 saturated heterocycles. The van der Waals surface area contributed by atoms with Gasteiger partial charge in [-0.1, -0.05) is 24.3 Å². The number of carbonyl (C=O) groups is 2. The molecule has 0 spiro atoms. The molecule has 42 heavy (non-hydrogen) atoms. The standard InChI is InChI=1S/C32H40N6O3S/c1-4-30(40)38-17-16-37(19-24(38)13-14-33)31-27(11-10-26-9-8-23-18-22(2)7-12-29(23)42-26)28(20-39)34-32(35-31)41-21-25-6-5-15-36(25)3/h4,7,12,18,20,24-26H,1,5-6,8-11,13,15-17,19,21H2,2-3H3/t24?,25?,26-/m1/s1. The number of piperazine rings is 1. The Labute approximate surface area is 252 Å². The lowest BCUT2D eigenvalue weighted by molar-refractivity contribution is -0.128. The van der Waals surface area contributed by atoms with Crippen molar-refractivity contribution in [3.8, 4) is 12.1 Å². The lowest BCUT2D eigenvalue weighted by Gasteiger charge is -2.41. The van der Waals surface area contributed by atoms with E-state index < -0.39 is 0 Å². The average Bonchev–Trinajstić information content (AvgIpc) is 3.42. The molecule has 1 amide bonds. The molecule has 1 aromatic carbocycles. The minimum Gasteiger partial charge on any atom is -0.462 e. The summed E-state index contributed by atoms with van der Waals surface area (Å²) in [5, 5.41) is 9.93. The highest BCUT2D eigenvalue weighted by Crippen LogP contribution is 2.38. The highest BCUT2D eigenvalue weighted by Gasteiger charge is 2.32. The van der Waals surface area contributed by atoms with Crippen LogP contribution < -0.4 is 9.64 Å². The number of nitrogens with zero attached hydrogens (tertiary/aromatic N) is 6. The van der Waals surface area contributed by atoms with Gasteiger partial charge < -0.3 is 19.4 Å². The fourth-order valence-electron chi connectivity index (χ4n) is 6.31. The highest BCUT2D eigenvalue weighted by molar-refractivity contribution is 8.00. The first kappa shape index (κ1) is 30.1. The fourth-order valence-corrected chi connectivity index (χ4v) is 7.60. The zero-order chi connectivity index (χ0) is 29.6. The molecular formula is C32H40N6O3S. The van der Waals surface area contributed by atoms with Crippen molar-refractivity contribution in [1.29, 1.82) is 5.26 Å². The maximum atomic E-state index is 12.5. The van der Waals surface area contributed by atoms with E-state index >= 15 is 0 Å². The largest absolute Gasteiger partial charge is 0.462 e. The number of thioether (sulfide) groups is 1. The molecular weight excluding hydrogens is 548 g/mol. The number of aromatic nitrogens is 2. The van der Waals surface area contributed by atoms with Crippen LogP contribution in [0.5, 0.6) is 6.01 Å². The minimum absolute atomic E-state index is 0.180. The molecule has 3 aliphatic rings. The van der Waals surface area contributed by atoms with Crippen LogP contribution in [0.15, 0.2) is 35.7 Å². The van der Waals surface area contributed by atoms with Crippen LogP contribution in [0.1, 0.15) is 59.3 Å². The highest BCUT2D eigenvalue weighted by atomic mass is 32.2. The first-order chi connectivity index (χ1) is 20.4. The molecule has 2 aromatic rings. The van der Waals surface area contributed by atoms with E-state index in [9.17, 15) is 14.9 Å². The van der Waals surface area contributed by atoms with Gasteiger partial charge in [-0.2, -0.15) is 15.2 Å². The van der Waals surface area contributed by atoms with Gasteiger partial charge in [0.15, 0.2) is 6.29 Å². The number of fused-ring (bicyclic) bond motifs is 1. The summed E-state index contributed by atoms with van der Waals surface area (Å²) in [5.74, 6) is 0.494. The molecule has 0 N–H and O–H groups in total. The number of anilines is 1. The Morgan fingerprint density at radius 3 is 2.83 bits per heavy atom. The molecule has 4 heterocycles. The van der Waals surface area contributed by atoms with E-state index in [1.54, 1.807) is 4.90 Å². The van der Waals surface area contributed by atoms with Gasteiger partial charge in [0, 0.05) is 41.4 Å². The molecule has 3 atom stereocenters. The van der Waals surface area contributed by atoms with Crippen LogP contribution in [0, 0.1) is 18.3 Å². The zero-order valence-electron chi connectivity index (χ0n) is 24.6. The number of amides is 1. The van der Waals surface area contributed by atoms with Gasteiger partial charge in [-0.25, -0.2) is 0 Å². The second-order valence-corrected chi connectivity index (χ2v) is 12.9. The molecule has 0 bridgehead atoms. The summed E-state index contributed by atoms with van der Waals surface area (Å²) < 4.78 is 6.10.